The molecule has 0 aliphatic heterocycles. The van der Waals surface area contributed by atoms with E-state index in [9.17, 15) is 19.8 Å². The number of allylic oxidation sites excluding steroid dienone is 2. The Morgan fingerprint density at radius 2 is 1.28 bits per heavy atom. The highest BCUT2D eigenvalue weighted by atomic mass is 16.3. The van der Waals surface area contributed by atoms with Crippen molar-refractivity contribution >= 4 is 22.9 Å². The molecule has 0 radical (unpaired) electrons. The Kier molecular flexibility index (Phi) is 4.49. The second kappa shape index (κ2) is 6.52. The maximum atomic E-state index is 12.6. The molecule has 13 nitrogen and oxygen atoms in total. The van der Waals surface area contributed by atoms with Crippen LogP contribution in [-0.4, -0.2) is 21.8 Å². The van der Waals surface area contributed by atoms with E-state index in [1.165, 1.54) is 6.92 Å². The first kappa shape index (κ1) is 17.2. The molecule has 0 fully saturated rings. The molecule has 13 heteroatoms. The zero-order valence-corrected chi connectivity index (χ0v) is 12.4. The summed E-state index contributed by atoms with van der Waals surface area (Å²) < 4.78 is 0. The molecule has 0 saturated heterocycles. The number of azide groups is 3. The highest BCUT2D eigenvalue weighted by Gasteiger charge is 2.38. The van der Waals surface area contributed by atoms with Crippen molar-refractivity contribution in [2.45, 2.75) is 13.3 Å². The Morgan fingerprint density at radius 3 is 1.68 bits per heavy atom. The molecule has 0 unspecified atom stereocenters. The lowest BCUT2D eigenvalue weighted by molar-refractivity contribution is 0.0966. The summed E-state index contributed by atoms with van der Waals surface area (Å²) in [7, 11) is 0. The van der Waals surface area contributed by atoms with Crippen molar-refractivity contribution in [2.24, 2.45) is 15.3 Å². The van der Waals surface area contributed by atoms with Crippen LogP contribution in [0.1, 0.15) is 34.1 Å². The van der Waals surface area contributed by atoms with Crippen molar-refractivity contribution in [3.63, 3.8) is 0 Å². The van der Waals surface area contributed by atoms with E-state index in [4.69, 9.17) is 16.6 Å². The van der Waals surface area contributed by atoms with Crippen LogP contribution in [0.25, 0.3) is 31.3 Å². The van der Waals surface area contributed by atoms with Gasteiger partial charge >= 0.3 is 0 Å². The lowest BCUT2D eigenvalue weighted by Crippen LogP contribution is -2.21. The number of hydrogen-bond donors (Lipinski definition) is 2. The Morgan fingerprint density at radius 1 is 0.840 bits per heavy atom. The Labute approximate surface area is 137 Å². The molecule has 0 saturated carbocycles. The molecule has 124 valence electrons. The van der Waals surface area contributed by atoms with Gasteiger partial charge < -0.3 is 10.2 Å². The summed E-state index contributed by atoms with van der Waals surface area (Å²) in [6, 6.07) is 0. The molecule has 0 spiro atoms. The molecule has 0 atom stereocenters. The molecule has 0 heterocycles. The topological polar surface area (TPSA) is 221 Å². The zero-order valence-electron chi connectivity index (χ0n) is 12.4. The first-order chi connectivity index (χ1) is 11.9. The Balaban J connectivity index is 3.06. The van der Waals surface area contributed by atoms with Gasteiger partial charge in [0, 0.05) is 20.3 Å². The number of hydrogen-bond acceptors (Lipinski definition) is 7. The van der Waals surface area contributed by atoms with Crippen molar-refractivity contribution < 1.29 is 19.8 Å². The smallest absolute Gasteiger partial charge is 0.200 e. The first-order valence-corrected chi connectivity index (χ1v) is 6.54. The summed E-state index contributed by atoms with van der Waals surface area (Å²) in [5.41, 5.74) is 22.2. The van der Waals surface area contributed by atoms with Gasteiger partial charge in [-0.05, 0) is 23.0 Å². The van der Waals surface area contributed by atoms with Crippen LogP contribution in [0.2, 0.25) is 0 Å². The van der Waals surface area contributed by atoms with Crippen molar-refractivity contribution in [2.75, 3.05) is 0 Å². The van der Waals surface area contributed by atoms with Gasteiger partial charge in [-0.2, -0.15) is 0 Å². The largest absolute Gasteiger partial charge is 0.507 e. The van der Waals surface area contributed by atoms with Gasteiger partial charge in [0.05, 0.1) is 28.2 Å². The fourth-order valence-electron chi connectivity index (χ4n) is 2.41. The molecule has 1 aromatic rings. The van der Waals surface area contributed by atoms with Crippen molar-refractivity contribution in [3.05, 3.63) is 53.7 Å². The average molecular weight is 341 g/mol. The summed E-state index contributed by atoms with van der Waals surface area (Å²) in [5, 5.41) is 29.9. The Hall–Kier alpha value is -4.17. The van der Waals surface area contributed by atoms with Gasteiger partial charge in [-0.3, -0.25) is 9.59 Å². The van der Waals surface area contributed by atoms with Crippen molar-refractivity contribution in [3.8, 4) is 11.5 Å². The zero-order chi connectivity index (χ0) is 18.7. The van der Waals surface area contributed by atoms with E-state index >= 15 is 0 Å². The predicted octanol–water partition coefficient (Wildman–Crippen LogP) is 4.33. The van der Waals surface area contributed by atoms with Gasteiger partial charge in [0.15, 0.2) is 11.6 Å². The number of carbonyl (C=O) groups excluding carboxylic acids is 2. The van der Waals surface area contributed by atoms with E-state index in [2.05, 4.69) is 30.1 Å². The number of carbonyl (C=O) groups is 2. The van der Waals surface area contributed by atoms with E-state index in [1.54, 1.807) is 0 Å². The highest BCUT2D eigenvalue weighted by molar-refractivity contribution is 6.30. The van der Waals surface area contributed by atoms with E-state index < -0.39 is 51.3 Å². The van der Waals surface area contributed by atoms with Gasteiger partial charge in [0.2, 0.25) is 0 Å². The number of Topliss-reactive ketones (excluding diaryl/α,β-unsaturated/α-hetero) is 2. The van der Waals surface area contributed by atoms with Crippen LogP contribution in [0.15, 0.2) is 26.6 Å². The molecule has 2 rings (SSSR count). The molecule has 0 amide bonds. The Bertz CT molecular complexity index is 1010. The molecule has 1 aromatic carbocycles. The number of phenols is 2. The van der Waals surface area contributed by atoms with Gasteiger partial charge in [-0.15, -0.1) is 0 Å². The third kappa shape index (κ3) is 2.44. The molecule has 0 bridgehead atoms. The normalized spacial score (nSPS) is 12.7. The summed E-state index contributed by atoms with van der Waals surface area (Å²) in [5.74, 6) is -3.85. The molecule has 1 aliphatic rings. The molecule has 1 aliphatic carbocycles. The molecule has 0 aromatic heterocycles. The van der Waals surface area contributed by atoms with Crippen LogP contribution in [-0.2, 0) is 0 Å². The number of benzene rings is 1. The SMILES string of the molecule is CCC1=C(N=[N+]=[N-])C(=O)c2c(O)c(N=[N+]=[N-])c(N=[N+]=[N-])c(O)c2C1=O. The molecular weight excluding hydrogens is 334 g/mol. The van der Waals surface area contributed by atoms with Crippen molar-refractivity contribution in [1.29, 1.82) is 0 Å². The van der Waals surface area contributed by atoms with Crippen molar-refractivity contribution in [1.82, 2.24) is 0 Å². The van der Waals surface area contributed by atoms with E-state index in [0.29, 0.717) is 0 Å². The minimum absolute atomic E-state index is 0.00643. The number of aromatic hydroxyl groups is 2. The molecule has 25 heavy (non-hydrogen) atoms. The number of phenolic OH excluding ortho intramolecular Hbond substituents is 2. The maximum absolute atomic E-state index is 12.6. The van der Waals surface area contributed by atoms with E-state index in [1.807, 2.05) is 0 Å². The monoisotopic (exact) mass is 341 g/mol. The first-order valence-electron chi connectivity index (χ1n) is 6.54. The third-order valence-electron chi connectivity index (χ3n) is 3.41. The summed E-state index contributed by atoms with van der Waals surface area (Å²) in [4.78, 5) is 32.4. The lowest BCUT2D eigenvalue weighted by Gasteiger charge is -2.21. The molecule has 2 N–H and O–H groups in total. The summed E-state index contributed by atoms with van der Waals surface area (Å²) >= 11 is 0. The van der Waals surface area contributed by atoms with Gasteiger partial charge in [0.25, 0.3) is 0 Å². The highest BCUT2D eigenvalue weighted by Crippen LogP contribution is 2.51. The van der Waals surface area contributed by atoms with Crippen LogP contribution < -0.4 is 0 Å². The number of ketones is 2. The summed E-state index contributed by atoms with van der Waals surface area (Å²) in [6.07, 6.45) is -0.00643. The number of fused-ring (bicyclic) bond motifs is 1. The van der Waals surface area contributed by atoms with E-state index in [-0.39, 0.29) is 12.0 Å². The number of nitrogens with zero attached hydrogens (tertiary/aromatic N) is 9. The van der Waals surface area contributed by atoms with Gasteiger partial charge in [-0.1, -0.05) is 22.3 Å². The van der Waals surface area contributed by atoms with E-state index in [0.717, 1.165) is 0 Å². The van der Waals surface area contributed by atoms with Gasteiger partial charge in [-0.25, -0.2) is 0 Å². The fourth-order valence-corrected chi connectivity index (χ4v) is 2.41. The molecular formula is C12H7N9O4. The minimum Gasteiger partial charge on any atom is -0.507 e. The van der Waals surface area contributed by atoms with Crippen LogP contribution in [0, 0.1) is 0 Å². The number of rotatable bonds is 4. The van der Waals surface area contributed by atoms with Crippen LogP contribution >= 0.6 is 0 Å². The lowest BCUT2D eigenvalue weighted by atomic mass is 9.84. The van der Waals surface area contributed by atoms with Gasteiger partial charge in [0.1, 0.15) is 11.5 Å². The van der Waals surface area contributed by atoms with Crippen LogP contribution in [0.5, 0.6) is 11.5 Å². The maximum Gasteiger partial charge on any atom is 0.200 e. The quantitative estimate of drug-likeness (QED) is 0.352. The minimum atomic E-state index is -1.04. The predicted molar refractivity (Wildman–Crippen MR) is 82.5 cm³/mol. The van der Waals surface area contributed by atoms with Crippen LogP contribution in [0.3, 0.4) is 0 Å². The average Bonchev–Trinajstić information content (AvgIpc) is 2.59. The van der Waals surface area contributed by atoms with Crippen LogP contribution in [0.4, 0.5) is 11.4 Å². The second-order valence-corrected chi connectivity index (χ2v) is 4.55. The summed E-state index contributed by atoms with van der Waals surface area (Å²) in [6.45, 7) is 1.51. The second-order valence-electron chi connectivity index (χ2n) is 4.55. The standard InChI is InChI=1S/C12H7N9O4/c1-2-3-6(16-19-13)10(23)5-4(9(3)22)11(24)7(17-20-14)8(12(5)25)18-21-15/h24-25H,2H2,1H3. The third-order valence-corrected chi connectivity index (χ3v) is 3.41. The fraction of sp³-hybridized carbons (Fsp3) is 0.167.